The van der Waals surface area contributed by atoms with Crippen molar-refractivity contribution in [2.24, 2.45) is 5.92 Å². The molecule has 2 N–H and O–H groups in total. The number of carbonyl (C=O) groups is 2. The second-order valence-corrected chi connectivity index (χ2v) is 11.0. The Labute approximate surface area is 190 Å². The monoisotopic (exact) mass is 463 g/mol. The molecule has 1 aromatic carbocycles. The predicted octanol–water partition coefficient (Wildman–Crippen LogP) is 3.04. The lowest BCUT2D eigenvalue weighted by Gasteiger charge is -2.32. The van der Waals surface area contributed by atoms with Gasteiger partial charge >= 0.3 is 0 Å². The minimum Gasteiger partial charge on any atom is -0.478 e. The van der Waals surface area contributed by atoms with Gasteiger partial charge in [-0.25, -0.2) is 8.42 Å². The van der Waals surface area contributed by atoms with Crippen LogP contribution in [0.1, 0.15) is 64.7 Å². The first-order valence-electron chi connectivity index (χ1n) is 11.8. The lowest BCUT2D eigenvalue weighted by atomic mass is 9.96. The number of fused-ring (bicyclic) bond motifs is 1. The van der Waals surface area contributed by atoms with Crippen molar-refractivity contribution in [2.75, 3.05) is 18.4 Å². The molecule has 2 fully saturated rings. The fourth-order valence-corrected chi connectivity index (χ4v) is 6.31. The van der Waals surface area contributed by atoms with Crippen LogP contribution in [-0.4, -0.2) is 49.8 Å². The van der Waals surface area contributed by atoms with Crippen LogP contribution >= 0.6 is 0 Å². The SMILES string of the molecule is CCC1Oc2ccc(S(=O)(=O)N3CCC(C(=O)NC4CCCCCC4)CC3)cc2NC1=O. The Morgan fingerprint density at radius 1 is 1.12 bits per heavy atom. The summed E-state index contributed by atoms with van der Waals surface area (Å²) in [6, 6.07) is 4.83. The number of amides is 2. The fourth-order valence-electron chi connectivity index (χ4n) is 4.81. The van der Waals surface area contributed by atoms with E-state index in [0.717, 1.165) is 25.7 Å². The molecule has 1 aliphatic carbocycles. The maximum Gasteiger partial charge on any atom is 0.265 e. The van der Waals surface area contributed by atoms with Crippen molar-refractivity contribution < 1.29 is 22.7 Å². The molecule has 1 atom stereocenters. The van der Waals surface area contributed by atoms with Crippen LogP contribution in [0.4, 0.5) is 5.69 Å². The second-order valence-electron chi connectivity index (χ2n) is 9.04. The maximum atomic E-state index is 13.2. The predicted molar refractivity (Wildman–Crippen MR) is 121 cm³/mol. The number of anilines is 1. The number of nitrogens with zero attached hydrogens (tertiary/aromatic N) is 1. The minimum absolute atomic E-state index is 0.0630. The summed E-state index contributed by atoms with van der Waals surface area (Å²) in [5.41, 5.74) is 0.374. The number of nitrogens with one attached hydrogen (secondary N) is 2. The average Bonchev–Trinajstić information content (AvgIpc) is 3.07. The van der Waals surface area contributed by atoms with Crippen molar-refractivity contribution in [3.05, 3.63) is 18.2 Å². The smallest absolute Gasteiger partial charge is 0.265 e. The van der Waals surface area contributed by atoms with Crippen molar-refractivity contribution in [3.8, 4) is 5.75 Å². The number of carbonyl (C=O) groups excluding carboxylic acids is 2. The molecule has 3 aliphatic rings. The molecule has 1 aromatic rings. The van der Waals surface area contributed by atoms with Crippen LogP contribution in [0.5, 0.6) is 5.75 Å². The van der Waals surface area contributed by atoms with Gasteiger partial charge in [-0.2, -0.15) is 4.31 Å². The van der Waals surface area contributed by atoms with Gasteiger partial charge in [-0.05, 0) is 50.3 Å². The summed E-state index contributed by atoms with van der Waals surface area (Å²) in [4.78, 5) is 24.9. The molecule has 0 aromatic heterocycles. The van der Waals surface area contributed by atoms with E-state index in [1.807, 2.05) is 6.92 Å². The summed E-state index contributed by atoms with van der Waals surface area (Å²) in [5.74, 6) is 0.124. The third-order valence-electron chi connectivity index (χ3n) is 6.81. The molecule has 8 nitrogen and oxygen atoms in total. The van der Waals surface area contributed by atoms with E-state index in [-0.39, 0.29) is 28.7 Å². The van der Waals surface area contributed by atoms with Gasteiger partial charge in [0.2, 0.25) is 15.9 Å². The van der Waals surface area contributed by atoms with Gasteiger partial charge in [0.25, 0.3) is 5.91 Å². The van der Waals surface area contributed by atoms with Crippen LogP contribution in [0.3, 0.4) is 0 Å². The number of rotatable bonds is 5. The van der Waals surface area contributed by atoms with Crippen LogP contribution in [0.2, 0.25) is 0 Å². The Morgan fingerprint density at radius 3 is 2.47 bits per heavy atom. The number of piperidine rings is 1. The number of hydrogen-bond acceptors (Lipinski definition) is 5. The highest BCUT2D eigenvalue weighted by Crippen LogP contribution is 2.34. The van der Waals surface area contributed by atoms with Gasteiger partial charge < -0.3 is 15.4 Å². The van der Waals surface area contributed by atoms with E-state index in [9.17, 15) is 18.0 Å². The summed E-state index contributed by atoms with van der Waals surface area (Å²) in [5, 5.41) is 5.94. The molecule has 9 heteroatoms. The number of benzene rings is 1. The lowest BCUT2D eigenvalue weighted by molar-refractivity contribution is -0.127. The molecule has 0 spiro atoms. The van der Waals surface area contributed by atoms with E-state index >= 15 is 0 Å². The minimum atomic E-state index is -3.72. The molecule has 0 radical (unpaired) electrons. The van der Waals surface area contributed by atoms with Crippen molar-refractivity contribution in [1.29, 1.82) is 0 Å². The van der Waals surface area contributed by atoms with Gasteiger partial charge in [-0.3, -0.25) is 9.59 Å². The standard InChI is InChI=1S/C23H33N3O5S/c1-2-20-23(28)25-19-15-18(9-10-21(19)31-20)32(29,30)26-13-11-16(12-14-26)22(27)24-17-7-5-3-4-6-8-17/h9-10,15-17,20H,2-8,11-14H2,1H3,(H,24,27)(H,25,28). The van der Waals surface area contributed by atoms with Gasteiger partial charge in [0.1, 0.15) is 5.75 Å². The summed E-state index contributed by atoms with van der Waals surface area (Å²) in [7, 11) is -3.72. The summed E-state index contributed by atoms with van der Waals surface area (Å²) in [6.07, 6.45) is 7.87. The van der Waals surface area contributed by atoms with E-state index < -0.39 is 16.1 Å². The molecular formula is C23H33N3O5S. The van der Waals surface area contributed by atoms with Crippen LogP contribution in [0.25, 0.3) is 0 Å². The molecule has 0 bridgehead atoms. The Hall–Kier alpha value is -2.13. The van der Waals surface area contributed by atoms with Gasteiger partial charge in [-0.1, -0.05) is 32.6 Å². The average molecular weight is 464 g/mol. The zero-order valence-corrected chi connectivity index (χ0v) is 19.5. The van der Waals surface area contributed by atoms with Crippen LogP contribution < -0.4 is 15.4 Å². The molecule has 32 heavy (non-hydrogen) atoms. The highest BCUT2D eigenvalue weighted by atomic mass is 32.2. The van der Waals surface area contributed by atoms with Gasteiger partial charge in [0.05, 0.1) is 10.6 Å². The first-order valence-corrected chi connectivity index (χ1v) is 13.2. The molecule has 4 rings (SSSR count). The molecule has 2 heterocycles. The molecule has 2 amide bonds. The molecule has 2 aliphatic heterocycles. The van der Waals surface area contributed by atoms with Crippen molar-refractivity contribution >= 4 is 27.5 Å². The molecule has 1 saturated carbocycles. The van der Waals surface area contributed by atoms with Gasteiger partial charge in [-0.15, -0.1) is 0 Å². The van der Waals surface area contributed by atoms with Crippen LogP contribution in [0.15, 0.2) is 23.1 Å². The van der Waals surface area contributed by atoms with Crippen molar-refractivity contribution in [2.45, 2.75) is 81.8 Å². The molecule has 1 unspecified atom stereocenters. The van der Waals surface area contributed by atoms with E-state index in [1.165, 1.54) is 29.3 Å². The van der Waals surface area contributed by atoms with Crippen LogP contribution in [0, 0.1) is 5.92 Å². The highest BCUT2D eigenvalue weighted by Gasteiger charge is 2.34. The van der Waals surface area contributed by atoms with Crippen LogP contribution in [-0.2, 0) is 19.6 Å². The topological polar surface area (TPSA) is 105 Å². The molecular weight excluding hydrogens is 430 g/mol. The van der Waals surface area contributed by atoms with Crippen molar-refractivity contribution in [1.82, 2.24) is 9.62 Å². The highest BCUT2D eigenvalue weighted by molar-refractivity contribution is 7.89. The van der Waals surface area contributed by atoms with E-state index in [4.69, 9.17) is 4.74 Å². The summed E-state index contributed by atoms with van der Waals surface area (Å²) >= 11 is 0. The maximum absolute atomic E-state index is 13.2. The normalized spacial score (nSPS) is 23.5. The quantitative estimate of drug-likeness (QED) is 0.653. The summed E-state index contributed by atoms with van der Waals surface area (Å²) < 4.78 is 33.4. The summed E-state index contributed by atoms with van der Waals surface area (Å²) in [6.45, 7) is 2.47. The lowest BCUT2D eigenvalue weighted by Crippen LogP contribution is -2.45. The van der Waals surface area contributed by atoms with Gasteiger partial charge in [0, 0.05) is 25.0 Å². The number of hydrogen-bond donors (Lipinski definition) is 2. The van der Waals surface area contributed by atoms with E-state index in [1.54, 1.807) is 6.07 Å². The first kappa shape index (κ1) is 23.0. The Balaban J connectivity index is 1.37. The third kappa shape index (κ3) is 4.93. The van der Waals surface area contributed by atoms with E-state index in [0.29, 0.717) is 43.8 Å². The second kappa shape index (κ2) is 9.79. The Morgan fingerprint density at radius 2 is 1.81 bits per heavy atom. The Bertz CT molecular complexity index is 948. The third-order valence-corrected chi connectivity index (χ3v) is 8.70. The Kier molecular flexibility index (Phi) is 7.05. The van der Waals surface area contributed by atoms with Crippen molar-refractivity contribution in [3.63, 3.8) is 0 Å². The number of sulfonamides is 1. The molecule has 1 saturated heterocycles. The first-order chi connectivity index (χ1) is 15.4. The van der Waals surface area contributed by atoms with Gasteiger partial charge in [0.15, 0.2) is 6.10 Å². The van der Waals surface area contributed by atoms with E-state index in [2.05, 4.69) is 10.6 Å². The molecule has 176 valence electrons. The zero-order valence-electron chi connectivity index (χ0n) is 18.6. The zero-order chi connectivity index (χ0) is 22.7. The number of ether oxygens (including phenoxy) is 1. The largest absolute Gasteiger partial charge is 0.478 e. The fraction of sp³-hybridized carbons (Fsp3) is 0.652.